The lowest BCUT2D eigenvalue weighted by molar-refractivity contribution is 0.190. The smallest absolute Gasteiger partial charge is 0.247 e. The molecule has 0 aromatic carbocycles. The molecule has 0 spiro atoms. The molecule has 0 radical (unpaired) electrons. The summed E-state index contributed by atoms with van der Waals surface area (Å²) in [7, 11) is 0. The first-order valence-corrected chi connectivity index (χ1v) is 7.12. The third-order valence-corrected chi connectivity index (χ3v) is 4.30. The average Bonchev–Trinajstić information content (AvgIpc) is 2.93. The minimum Gasteiger partial charge on any atom is -0.337 e. The van der Waals surface area contributed by atoms with Crippen molar-refractivity contribution >= 4 is 0 Å². The lowest BCUT2D eigenvalue weighted by Crippen LogP contribution is -2.40. The van der Waals surface area contributed by atoms with Crippen molar-refractivity contribution in [1.82, 2.24) is 15.1 Å². The second-order valence-corrected chi connectivity index (χ2v) is 5.95. The molecule has 0 saturated heterocycles. The van der Waals surface area contributed by atoms with Gasteiger partial charge in [0.1, 0.15) is 0 Å². The number of pyridine rings is 1. The zero-order valence-corrected chi connectivity index (χ0v) is 12.0. The van der Waals surface area contributed by atoms with E-state index in [9.17, 15) is 0 Å². The maximum Gasteiger partial charge on any atom is 0.247 e. The maximum absolute atomic E-state index is 6.46. The highest BCUT2D eigenvalue weighted by Crippen LogP contribution is 2.37. The van der Waals surface area contributed by atoms with Gasteiger partial charge in [-0.1, -0.05) is 12.1 Å². The van der Waals surface area contributed by atoms with Crippen LogP contribution >= 0.6 is 0 Å². The van der Waals surface area contributed by atoms with Crippen LogP contribution in [0.5, 0.6) is 0 Å². The fourth-order valence-electron chi connectivity index (χ4n) is 2.72. The van der Waals surface area contributed by atoms with E-state index >= 15 is 0 Å². The molecule has 1 aliphatic carbocycles. The molecule has 0 atom stereocenters. The summed E-state index contributed by atoms with van der Waals surface area (Å²) < 4.78 is 5.44. The van der Waals surface area contributed by atoms with Crippen LogP contribution in [0.15, 0.2) is 23.0 Å². The van der Waals surface area contributed by atoms with E-state index in [0.717, 1.165) is 42.7 Å². The first-order chi connectivity index (χ1) is 9.58. The maximum atomic E-state index is 6.46. The summed E-state index contributed by atoms with van der Waals surface area (Å²) in [4.78, 5) is 8.64. The molecule has 1 aliphatic rings. The van der Waals surface area contributed by atoms with Crippen LogP contribution in [0.1, 0.15) is 44.1 Å². The van der Waals surface area contributed by atoms with Crippen LogP contribution in [0.3, 0.4) is 0 Å². The van der Waals surface area contributed by atoms with Gasteiger partial charge in [0.25, 0.3) is 0 Å². The van der Waals surface area contributed by atoms with Gasteiger partial charge in [0.05, 0.1) is 5.54 Å². The summed E-state index contributed by atoms with van der Waals surface area (Å²) in [6.45, 7) is 4.27. The van der Waals surface area contributed by atoms with E-state index in [0.29, 0.717) is 11.7 Å². The van der Waals surface area contributed by atoms with E-state index in [1.807, 2.05) is 13.0 Å². The Labute approximate surface area is 118 Å². The topological polar surface area (TPSA) is 77.8 Å². The molecule has 2 aromatic rings. The highest BCUT2D eigenvalue weighted by molar-refractivity contribution is 5.57. The Balaban J connectivity index is 1.89. The zero-order chi connectivity index (χ0) is 14.2. The number of nitrogens with zero attached hydrogens (tertiary/aromatic N) is 3. The molecule has 2 heterocycles. The Morgan fingerprint density at radius 2 is 2.10 bits per heavy atom. The largest absolute Gasteiger partial charge is 0.337 e. The fourth-order valence-corrected chi connectivity index (χ4v) is 2.72. The summed E-state index contributed by atoms with van der Waals surface area (Å²) in [5, 5.41) is 4.08. The van der Waals surface area contributed by atoms with E-state index in [1.165, 1.54) is 0 Å². The van der Waals surface area contributed by atoms with Crippen molar-refractivity contribution in [2.24, 2.45) is 11.7 Å². The van der Waals surface area contributed by atoms with Crippen molar-refractivity contribution in [1.29, 1.82) is 0 Å². The van der Waals surface area contributed by atoms with Crippen LogP contribution in [0.4, 0.5) is 0 Å². The lowest BCUT2D eigenvalue weighted by Gasteiger charge is -2.32. The second-order valence-electron chi connectivity index (χ2n) is 5.95. The Hall–Kier alpha value is -1.75. The van der Waals surface area contributed by atoms with Gasteiger partial charge in [0, 0.05) is 18.0 Å². The molecule has 0 unspecified atom stereocenters. The summed E-state index contributed by atoms with van der Waals surface area (Å²) in [6.07, 6.45) is 7.55. The van der Waals surface area contributed by atoms with Crippen LogP contribution < -0.4 is 5.73 Å². The third-order valence-electron chi connectivity index (χ3n) is 4.30. The molecule has 5 nitrogen and oxygen atoms in total. The van der Waals surface area contributed by atoms with Gasteiger partial charge in [-0.2, -0.15) is 4.98 Å². The average molecular weight is 272 g/mol. The predicted octanol–water partition coefficient (Wildman–Crippen LogP) is 2.80. The van der Waals surface area contributed by atoms with Gasteiger partial charge in [0.2, 0.25) is 11.7 Å². The van der Waals surface area contributed by atoms with Gasteiger partial charge in [0.15, 0.2) is 0 Å². The van der Waals surface area contributed by atoms with Crippen LogP contribution in [0.25, 0.3) is 11.4 Å². The molecule has 0 aliphatic heterocycles. The molecule has 0 amide bonds. The van der Waals surface area contributed by atoms with Crippen LogP contribution in [-0.2, 0) is 5.54 Å². The molecule has 106 valence electrons. The van der Waals surface area contributed by atoms with E-state index in [-0.39, 0.29) is 0 Å². The number of rotatable bonds is 2. The normalized spacial score (nSPS) is 26.6. The molecular formula is C15H20N4O. The Morgan fingerprint density at radius 3 is 2.80 bits per heavy atom. The second kappa shape index (κ2) is 4.98. The molecule has 2 N–H and O–H groups in total. The minimum absolute atomic E-state index is 0.464. The monoisotopic (exact) mass is 272 g/mol. The number of nitrogens with two attached hydrogens (primary N) is 1. The zero-order valence-electron chi connectivity index (χ0n) is 12.0. The summed E-state index contributed by atoms with van der Waals surface area (Å²) >= 11 is 0. The standard InChI is InChI=1S/C15H20N4O/c1-10-3-6-15(16,7-4-10)14-18-13(19-20-14)12-9-17-8-5-11(12)2/h5,8-10H,3-4,6-7,16H2,1-2H3. The van der Waals surface area contributed by atoms with Crippen molar-refractivity contribution in [3.63, 3.8) is 0 Å². The summed E-state index contributed by atoms with van der Waals surface area (Å²) in [5.41, 5.74) is 7.97. The number of hydrogen-bond acceptors (Lipinski definition) is 5. The summed E-state index contributed by atoms with van der Waals surface area (Å²) in [5.74, 6) is 1.87. The Kier molecular flexibility index (Phi) is 3.30. The molecule has 1 saturated carbocycles. The van der Waals surface area contributed by atoms with E-state index < -0.39 is 5.54 Å². The van der Waals surface area contributed by atoms with Gasteiger partial charge in [-0.25, -0.2) is 0 Å². The molecule has 1 fully saturated rings. The Bertz CT molecular complexity index is 599. The number of aryl methyl sites for hydroxylation is 1. The fraction of sp³-hybridized carbons (Fsp3) is 0.533. The van der Waals surface area contributed by atoms with E-state index in [4.69, 9.17) is 10.3 Å². The molecule has 20 heavy (non-hydrogen) atoms. The molecular weight excluding hydrogens is 252 g/mol. The van der Waals surface area contributed by atoms with Gasteiger partial charge < -0.3 is 10.3 Å². The molecule has 2 aromatic heterocycles. The quantitative estimate of drug-likeness (QED) is 0.909. The van der Waals surface area contributed by atoms with Gasteiger partial charge in [-0.05, 0) is 50.2 Å². The van der Waals surface area contributed by atoms with Crippen molar-refractivity contribution in [2.45, 2.75) is 45.1 Å². The van der Waals surface area contributed by atoms with Crippen molar-refractivity contribution in [3.8, 4) is 11.4 Å². The van der Waals surface area contributed by atoms with Crippen LogP contribution in [0, 0.1) is 12.8 Å². The SMILES string of the molecule is Cc1ccncc1-c1noc(C2(N)CCC(C)CC2)n1. The summed E-state index contributed by atoms with van der Waals surface area (Å²) in [6, 6.07) is 1.94. The van der Waals surface area contributed by atoms with Gasteiger partial charge in [-0.15, -0.1) is 0 Å². The van der Waals surface area contributed by atoms with Crippen LogP contribution in [0.2, 0.25) is 0 Å². The minimum atomic E-state index is -0.464. The lowest BCUT2D eigenvalue weighted by atomic mass is 9.78. The van der Waals surface area contributed by atoms with Crippen molar-refractivity contribution in [3.05, 3.63) is 29.9 Å². The highest BCUT2D eigenvalue weighted by Gasteiger charge is 2.37. The predicted molar refractivity (Wildman–Crippen MR) is 75.8 cm³/mol. The van der Waals surface area contributed by atoms with Crippen LogP contribution in [-0.4, -0.2) is 15.1 Å². The number of hydrogen-bond donors (Lipinski definition) is 1. The van der Waals surface area contributed by atoms with E-state index in [2.05, 4.69) is 22.0 Å². The first kappa shape index (κ1) is 13.2. The first-order valence-electron chi connectivity index (χ1n) is 7.12. The number of aromatic nitrogens is 3. The Morgan fingerprint density at radius 1 is 1.35 bits per heavy atom. The third kappa shape index (κ3) is 2.33. The van der Waals surface area contributed by atoms with Gasteiger partial charge >= 0.3 is 0 Å². The van der Waals surface area contributed by atoms with E-state index in [1.54, 1.807) is 12.4 Å². The van der Waals surface area contributed by atoms with Gasteiger partial charge in [-0.3, -0.25) is 4.98 Å². The highest BCUT2D eigenvalue weighted by atomic mass is 16.5. The van der Waals surface area contributed by atoms with Crippen molar-refractivity contribution in [2.75, 3.05) is 0 Å². The molecule has 0 bridgehead atoms. The molecule has 3 rings (SSSR count). The molecule has 5 heteroatoms. The van der Waals surface area contributed by atoms with Crippen molar-refractivity contribution < 1.29 is 4.52 Å².